The van der Waals surface area contributed by atoms with Gasteiger partial charge in [-0.05, 0) is 67.3 Å². The highest BCUT2D eigenvalue weighted by Crippen LogP contribution is 2.44. The van der Waals surface area contributed by atoms with Crippen LogP contribution in [0.5, 0.6) is 5.06 Å². The Hall–Kier alpha value is -4.19. The van der Waals surface area contributed by atoms with Crippen molar-refractivity contribution < 1.29 is 53.9 Å². The van der Waals surface area contributed by atoms with Gasteiger partial charge < -0.3 is 14.5 Å². The molecule has 3 aromatic rings. The predicted octanol–water partition coefficient (Wildman–Crippen LogP) is 6.82. The summed E-state index contributed by atoms with van der Waals surface area (Å²) in [6.07, 6.45) is -5.25. The summed E-state index contributed by atoms with van der Waals surface area (Å²) in [5.74, 6) is -2.30. The molecule has 294 valence electrons. The van der Waals surface area contributed by atoms with Crippen molar-refractivity contribution in [3.8, 4) is 5.06 Å². The quantitative estimate of drug-likeness (QED) is 0.211. The van der Waals surface area contributed by atoms with E-state index in [1.165, 1.54) is 4.90 Å². The number of piperidine rings is 2. The van der Waals surface area contributed by atoms with E-state index in [-0.39, 0.29) is 62.7 Å². The minimum Gasteiger partial charge on any atom is -0.466 e. The number of carbonyl (C=O) groups is 3. The lowest BCUT2D eigenvalue weighted by atomic mass is 9.79. The van der Waals surface area contributed by atoms with Crippen LogP contribution < -0.4 is 9.46 Å². The Balaban J connectivity index is 1.45. The number of ether oxygens (including phenoxy) is 1. The summed E-state index contributed by atoms with van der Waals surface area (Å²) in [6, 6.07) is 8.88. The number of nitrogens with one attached hydrogen (secondary N) is 1. The van der Waals surface area contributed by atoms with Crippen molar-refractivity contribution in [2.24, 2.45) is 0 Å². The molecule has 5 rings (SSSR count). The first-order valence-electron chi connectivity index (χ1n) is 17.4. The fraction of sp³-hybridized carbons (Fsp3) is 0.500. The molecule has 2 fully saturated rings. The van der Waals surface area contributed by atoms with Gasteiger partial charge in [0.15, 0.2) is 5.06 Å². The molecule has 2 aromatic heterocycles. The minimum atomic E-state index is -4.89. The van der Waals surface area contributed by atoms with E-state index in [4.69, 9.17) is 4.74 Å². The first-order chi connectivity index (χ1) is 25.3. The van der Waals surface area contributed by atoms with Crippen LogP contribution >= 0.6 is 11.3 Å². The molecule has 0 radical (unpaired) electrons. The van der Waals surface area contributed by atoms with Crippen LogP contribution in [0.25, 0.3) is 0 Å². The highest BCUT2D eigenvalue weighted by Gasteiger charge is 2.56. The Morgan fingerprint density at radius 2 is 1.70 bits per heavy atom. The van der Waals surface area contributed by atoms with Crippen LogP contribution in [0.3, 0.4) is 0 Å². The molecule has 0 unspecified atom stereocenters. The maximum Gasteiger partial charge on any atom is 0.425 e. The molecule has 1 N–H and O–H groups in total. The molecule has 4 heterocycles. The van der Waals surface area contributed by atoms with Gasteiger partial charge in [0, 0.05) is 44.9 Å². The van der Waals surface area contributed by atoms with Crippen LogP contribution in [-0.2, 0) is 38.4 Å². The summed E-state index contributed by atoms with van der Waals surface area (Å²) in [5, 5.41) is -0.216. The molecule has 0 spiro atoms. The minimum absolute atomic E-state index is 0.00297. The van der Waals surface area contributed by atoms with Gasteiger partial charge in [-0.15, -0.1) is 0 Å². The molecule has 10 nitrogen and oxygen atoms in total. The number of aromatic nitrogens is 1. The number of rotatable bonds is 11. The molecule has 2 atom stereocenters. The SMILES string of the molecule is CCC[C@H]1N(C(=O)c2cnccc2C(F)(F)F)CCC[C@@]1(Oc1ccc(C(F)(F)F)s1)C(=O)N1CCC(c2ccccc2CCC(=O)NS(C)(=O)=O)CC1. The highest BCUT2D eigenvalue weighted by molar-refractivity contribution is 7.89. The molecule has 0 bridgehead atoms. The van der Waals surface area contributed by atoms with E-state index in [1.54, 1.807) is 17.9 Å². The second kappa shape index (κ2) is 16.3. The number of thiophene rings is 1. The molecule has 2 aliphatic rings. The number of alkyl halides is 6. The molecule has 0 aliphatic carbocycles. The van der Waals surface area contributed by atoms with Crippen LogP contribution in [-0.4, -0.2) is 78.5 Å². The van der Waals surface area contributed by atoms with E-state index in [2.05, 4.69) is 4.98 Å². The van der Waals surface area contributed by atoms with Crippen LogP contribution in [0.4, 0.5) is 26.3 Å². The number of halogens is 6. The van der Waals surface area contributed by atoms with E-state index in [0.29, 0.717) is 36.7 Å². The topological polar surface area (TPSA) is 126 Å². The monoisotopic (exact) mass is 802 g/mol. The van der Waals surface area contributed by atoms with Gasteiger partial charge in [0.2, 0.25) is 21.5 Å². The Bertz CT molecular complexity index is 1940. The molecule has 2 saturated heterocycles. The first-order valence-corrected chi connectivity index (χ1v) is 20.1. The molecule has 18 heteroatoms. The summed E-state index contributed by atoms with van der Waals surface area (Å²) in [7, 11) is -3.72. The van der Waals surface area contributed by atoms with E-state index in [1.807, 2.05) is 22.9 Å². The third-order valence-corrected chi connectivity index (χ3v) is 11.4. The summed E-state index contributed by atoms with van der Waals surface area (Å²) in [4.78, 5) is 46.6. The van der Waals surface area contributed by atoms with Gasteiger partial charge in [0.1, 0.15) is 4.88 Å². The molecular weight excluding hydrogens is 763 g/mol. The number of sulfonamides is 1. The van der Waals surface area contributed by atoms with E-state index >= 15 is 0 Å². The number of hydrogen-bond acceptors (Lipinski definition) is 8. The van der Waals surface area contributed by atoms with Gasteiger partial charge in [-0.25, -0.2) is 8.42 Å². The van der Waals surface area contributed by atoms with E-state index < -0.39 is 67.7 Å². The fourth-order valence-corrected chi connectivity index (χ4v) is 8.72. The van der Waals surface area contributed by atoms with Crippen LogP contribution in [0, 0.1) is 0 Å². The summed E-state index contributed by atoms with van der Waals surface area (Å²) < 4.78 is 114. The van der Waals surface area contributed by atoms with Crippen molar-refractivity contribution in [3.05, 3.63) is 82.0 Å². The predicted molar refractivity (Wildman–Crippen MR) is 187 cm³/mol. The number of amides is 3. The third-order valence-electron chi connectivity index (χ3n) is 9.74. The standard InChI is InChI=1S/C36H40F6N4O6S2/c1-3-7-28-34(52-31-13-11-29(53-31)36(40,41)42,17-6-19-46(28)32(48)26-22-43-18-14-27(26)35(37,38)39)33(49)45-20-15-24(16-21-45)25-9-5-4-8-23(25)10-12-30(47)44-54(2,50)51/h4-5,8-9,11,13-14,18,22,24,28H,3,6-7,10,12,15-17,19-21H2,1-2H3,(H,44,47)/t28-,34+/m1/s1. The Morgan fingerprint density at radius 3 is 2.33 bits per heavy atom. The molecule has 0 saturated carbocycles. The molecule has 1 aromatic carbocycles. The maximum atomic E-state index is 14.9. The zero-order valence-corrected chi connectivity index (χ0v) is 31.1. The number of benzene rings is 1. The molecule has 2 aliphatic heterocycles. The van der Waals surface area contributed by atoms with Crippen LogP contribution in [0.1, 0.15) is 89.7 Å². The smallest absolute Gasteiger partial charge is 0.425 e. The lowest BCUT2D eigenvalue weighted by Crippen LogP contribution is -2.68. The summed E-state index contributed by atoms with van der Waals surface area (Å²) in [6.45, 7) is 2.14. The Labute approximate surface area is 312 Å². The van der Waals surface area contributed by atoms with Gasteiger partial charge >= 0.3 is 12.4 Å². The molecular formula is C36H40F6N4O6S2. The highest BCUT2D eigenvalue weighted by atomic mass is 32.2. The average Bonchev–Trinajstić information content (AvgIpc) is 3.59. The van der Waals surface area contributed by atoms with Crippen molar-refractivity contribution in [2.75, 3.05) is 25.9 Å². The van der Waals surface area contributed by atoms with Crippen LogP contribution in [0.15, 0.2) is 54.9 Å². The van der Waals surface area contributed by atoms with Gasteiger partial charge in [0.25, 0.3) is 11.8 Å². The number of nitrogens with zero attached hydrogens (tertiary/aromatic N) is 3. The lowest BCUT2D eigenvalue weighted by Gasteiger charge is -2.50. The van der Waals surface area contributed by atoms with Gasteiger partial charge in [-0.3, -0.25) is 24.1 Å². The van der Waals surface area contributed by atoms with Gasteiger partial charge in [-0.2, -0.15) is 26.3 Å². The zero-order valence-electron chi connectivity index (χ0n) is 29.5. The summed E-state index contributed by atoms with van der Waals surface area (Å²) in [5.41, 5.74) is -2.07. The molecule has 54 heavy (non-hydrogen) atoms. The second-order valence-corrected chi connectivity index (χ2v) is 16.3. The van der Waals surface area contributed by atoms with Crippen molar-refractivity contribution >= 4 is 39.1 Å². The van der Waals surface area contributed by atoms with Crippen LogP contribution in [0.2, 0.25) is 0 Å². The first kappa shape index (κ1) is 41.0. The average molecular weight is 803 g/mol. The number of pyridine rings is 1. The Morgan fingerprint density at radius 1 is 1.00 bits per heavy atom. The van der Waals surface area contributed by atoms with Crippen molar-refractivity contribution in [2.45, 2.75) is 88.2 Å². The number of carbonyl (C=O) groups excluding carboxylic acids is 3. The number of aryl methyl sites for hydroxylation is 1. The number of hydrogen-bond donors (Lipinski definition) is 1. The fourth-order valence-electron chi connectivity index (χ4n) is 7.40. The normalized spacial score (nSPS) is 20.1. The van der Waals surface area contributed by atoms with Gasteiger partial charge in [-0.1, -0.05) is 48.9 Å². The summed E-state index contributed by atoms with van der Waals surface area (Å²) >= 11 is 0.295. The second-order valence-electron chi connectivity index (χ2n) is 13.5. The molecule has 3 amide bonds. The maximum absolute atomic E-state index is 14.9. The van der Waals surface area contributed by atoms with Crippen molar-refractivity contribution in [1.29, 1.82) is 0 Å². The largest absolute Gasteiger partial charge is 0.466 e. The third kappa shape index (κ3) is 9.36. The van der Waals surface area contributed by atoms with Gasteiger partial charge in [0.05, 0.1) is 23.4 Å². The van der Waals surface area contributed by atoms with E-state index in [0.717, 1.165) is 41.9 Å². The Kier molecular flexibility index (Phi) is 12.3. The van der Waals surface area contributed by atoms with Crippen molar-refractivity contribution in [1.82, 2.24) is 19.5 Å². The lowest BCUT2D eigenvalue weighted by molar-refractivity contribution is -0.160. The van der Waals surface area contributed by atoms with E-state index in [9.17, 15) is 49.1 Å². The zero-order chi connectivity index (χ0) is 39.5. The number of likely N-dealkylation sites (tertiary alicyclic amines) is 2. The van der Waals surface area contributed by atoms with Crippen molar-refractivity contribution in [3.63, 3.8) is 0 Å².